The second kappa shape index (κ2) is 4.60. The molecule has 0 bridgehead atoms. The number of nitrogens with two attached hydrogens (primary N) is 1. The Balaban J connectivity index is 2.00. The van der Waals surface area contributed by atoms with E-state index in [2.05, 4.69) is 38.0 Å². The van der Waals surface area contributed by atoms with Crippen LogP contribution < -0.4 is 11.1 Å². The summed E-state index contributed by atoms with van der Waals surface area (Å²) >= 11 is 0. The summed E-state index contributed by atoms with van der Waals surface area (Å²) in [5, 5.41) is 3.14. The Bertz CT molecular complexity index is 452. The number of nitrogens with one attached hydrogen (secondary N) is 1. The first-order valence-corrected chi connectivity index (χ1v) is 6.70. The number of hydrogen-bond acceptors (Lipinski definition) is 3. The van der Waals surface area contributed by atoms with E-state index in [1.807, 2.05) is 12.1 Å². The lowest BCUT2D eigenvalue weighted by Crippen LogP contribution is -2.76. The van der Waals surface area contributed by atoms with Gasteiger partial charge in [-0.05, 0) is 17.7 Å². The minimum atomic E-state index is -0.0581. The van der Waals surface area contributed by atoms with Crippen molar-refractivity contribution in [2.75, 3.05) is 0 Å². The summed E-state index contributed by atoms with van der Waals surface area (Å²) in [7, 11) is 0. The maximum Gasteiger partial charge on any atom is 0.224 e. The third-order valence-corrected chi connectivity index (χ3v) is 4.51. The van der Waals surface area contributed by atoms with Crippen molar-refractivity contribution in [3.05, 3.63) is 30.1 Å². The van der Waals surface area contributed by atoms with Crippen molar-refractivity contribution in [1.82, 2.24) is 10.3 Å². The second-order valence-corrected chi connectivity index (χ2v) is 6.65. The first kappa shape index (κ1) is 14.0. The van der Waals surface area contributed by atoms with Crippen LogP contribution in [0.4, 0.5) is 0 Å². The van der Waals surface area contributed by atoms with Crippen molar-refractivity contribution in [2.24, 2.45) is 16.6 Å². The molecule has 1 aliphatic rings. The standard InChI is InChI=1S/C15H23N3O/c1-14(2)12(16)15(3,4)13(14)18-11(19)9-10-5-7-17-8-6-10/h5-8,12-13H,9,16H2,1-4H3,(H,18,19). The summed E-state index contributed by atoms with van der Waals surface area (Å²) in [6, 6.07) is 3.95. The first-order chi connectivity index (χ1) is 8.76. The summed E-state index contributed by atoms with van der Waals surface area (Å²) in [6.07, 6.45) is 3.80. The van der Waals surface area contributed by atoms with Crippen LogP contribution in [0.3, 0.4) is 0 Å². The third-order valence-electron chi connectivity index (χ3n) is 4.51. The fourth-order valence-electron chi connectivity index (χ4n) is 3.45. The number of hydrogen-bond donors (Lipinski definition) is 2. The number of carbonyl (C=O) groups excluding carboxylic acids is 1. The number of amides is 1. The van der Waals surface area contributed by atoms with Gasteiger partial charge in [0, 0.05) is 35.3 Å². The van der Waals surface area contributed by atoms with Gasteiger partial charge in [0.1, 0.15) is 0 Å². The van der Waals surface area contributed by atoms with Crippen LogP contribution in [0.2, 0.25) is 0 Å². The Hall–Kier alpha value is -1.42. The fourth-order valence-corrected chi connectivity index (χ4v) is 3.45. The maximum absolute atomic E-state index is 12.1. The van der Waals surface area contributed by atoms with Gasteiger partial charge in [0.2, 0.25) is 5.91 Å². The maximum atomic E-state index is 12.1. The predicted octanol–water partition coefficient (Wildman–Crippen LogP) is 1.50. The predicted molar refractivity (Wildman–Crippen MR) is 75.4 cm³/mol. The molecule has 1 amide bonds. The van der Waals surface area contributed by atoms with Gasteiger partial charge in [0.15, 0.2) is 0 Å². The zero-order chi connectivity index (χ0) is 14.3. The fraction of sp³-hybridized carbons (Fsp3) is 0.600. The van der Waals surface area contributed by atoms with Crippen LogP contribution in [0, 0.1) is 10.8 Å². The minimum Gasteiger partial charge on any atom is -0.352 e. The molecular formula is C15H23N3O. The highest BCUT2D eigenvalue weighted by Crippen LogP contribution is 2.52. The van der Waals surface area contributed by atoms with E-state index in [1.54, 1.807) is 12.4 Å². The molecule has 4 heteroatoms. The van der Waals surface area contributed by atoms with Crippen LogP contribution in [0.5, 0.6) is 0 Å². The molecule has 1 aliphatic carbocycles. The van der Waals surface area contributed by atoms with E-state index in [4.69, 9.17) is 5.73 Å². The van der Waals surface area contributed by atoms with E-state index in [0.717, 1.165) is 5.56 Å². The highest BCUT2D eigenvalue weighted by Gasteiger charge is 2.60. The summed E-state index contributed by atoms with van der Waals surface area (Å²) in [6.45, 7) is 8.45. The Morgan fingerprint density at radius 1 is 1.26 bits per heavy atom. The molecule has 1 aromatic heterocycles. The number of rotatable bonds is 3. The minimum absolute atomic E-state index is 0.0456. The average Bonchev–Trinajstić information content (AvgIpc) is 2.36. The van der Waals surface area contributed by atoms with Crippen molar-refractivity contribution >= 4 is 5.91 Å². The van der Waals surface area contributed by atoms with Crippen LogP contribution in [0.25, 0.3) is 0 Å². The molecule has 3 N–H and O–H groups in total. The summed E-state index contributed by atoms with van der Waals surface area (Å²) < 4.78 is 0. The van der Waals surface area contributed by atoms with Gasteiger partial charge in [-0.1, -0.05) is 27.7 Å². The number of carbonyl (C=O) groups is 1. The largest absolute Gasteiger partial charge is 0.352 e. The number of pyridine rings is 1. The molecule has 104 valence electrons. The van der Waals surface area contributed by atoms with Crippen LogP contribution >= 0.6 is 0 Å². The van der Waals surface area contributed by atoms with Crippen LogP contribution in [-0.4, -0.2) is 23.0 Å². The zero-order valence-electron chi connectivity index (χ0n) is 12.1. The lowest BCUT2D eigenvalue weighted by atomic mass is 9.48. The highest BCUT2D eigenvalue weighted by molar-refractivity contribution is 5.79. The smallest absolute Gasteiger partial charge is 0.224 e. The van der Waals surface area contributed by atoms with Crippen LogP contribution in [-0.2, 0) is 11.2 Å². The Labute approximate surface area is 114 Å². The van der Waals surface area contributed by atoms with Gasteiger partial charge in [-0.3, -0.25) is 9.78 Å². The van der Waals surface area contributed by atoms with E-state index < -0.39 is 0 Å². The van der Waals surface area contributed by atoms with E-state index in [-0.39, 0.29) is 28.8 Å². The van der Waals surface area contributed by atoms with Crippen molar-refractivity contribution < 1.29 is 4.79 Å². The SMILES string of the molecule is CC1(C)C(N)C(C)(C)C1NC(=O)Cc1ccncc1. The zero-order valence-corrected chi connectivity index (χ0v) is 12.1. The molecule has 1 aromatic rings. The normalized spacial score (nSPS) is 27.4. The van der Waals surface area contributed by atoms with Crippen LogP contribution in [0.1, 0.15) is 33.3 Å². The molecule has 0 aromatic carbocycles. The van der Waals surface area contributed by atoms with Gasteiger partial charge in [-0.15, -0.1) is 0 Å². The quantitative estimate of drug-likeness (QED) is 0.866. The Morgan fingerprint density at radius 2 is 1.79 bits per heavy atom. The van der Waals surface area contributed by atoms with Gasteiger partial charge in [0.25, 0.3) is 0 Å². The van der Waals surface area contributed by atoms with Gasteiger partial charge >= 0.3 is 0 Å². The lowest BCUT2D eigenvalue weighted by Gasteiger charge is -2.62. The molecule has 4 nitrogen and oxygen atoms in total. The molecule has 1 saturated carbocycles. The van der Waals surface area contributed by atoms with Crippen molar-refractivity contribution in [3.8, 4) is 0 Å². The first-order valence-electron chi connectivity index (χ1n) is 6.70. The third kappa shape index (κ3) is 2.37. The Kier molecular flexibility index (Phi) is 3.39. The summed E-state index contributed by atoms with van der Waals surface area (Å²) in [5.74, 6) is 0.0456. The average molecular weight is 261 g/mol. The van der Waals surface area contributed by atoms with E-state index in [0.29, 0.717) is 6.42 Å². The molecule has 1 heterocycles. The molecule has 2 rings (SSSR count). The molecule has 0 atom stereocenters. The molecule has 0 saturated heterocycles. The van der Waals surface area contributed by atoms with Crippen LogP contribution in [0.15, 0.2) is 24.5 Å². The van der Waals surface area contributed by atoms with Gasteiger partial charge in [0.05, 0.1) is 6.42 Å². The van der Waals surface area contributed by atoms with Gasteiger partial charge in [-0.25, -0.2) is 0 Å². The number of nitrogens with zero attached hydrogens (tertiary/aromatic N) is 1. The molecule has 1 fully saturated rings. The molecule has 0 unspecified atom stereocenters. The van der Waals surface area contributed by atoms with Crippen molar-refractivity contribution in [1.29, 1.82) is 0 Å². The number of aromatic nitrogens is 1. The van der Waals surface area contributed by atoms with E-state index >= 15 is 0 Å². The lowest BCUT2D eigenvalue weighted by molar-refractivity contribution is -0.131. The molecule has 19 heavy (non-hydrogen) atoms. The topological polar surface area (TPSA) is 68.0 Å². The molecule has 0 radical (unpaired) electrons. The summed E-state index contributed by atoms with van der Waals surface area (Å²) in [5.41, 5.74) is 7.06. The summed E-state index contributed by atoms with van der Waals surface area (Å²) in [4.78, 5) is 16.1. The molecular weight excluding hydrogens is 238 g/mol. The van der Waals surface area contributed by atoms with E-state index in [1.165, 1.54) is 0 Å². The van der Waals surface area contributed by atoms with E-state index in [9.17, 15) is 4.79 Å². The van der Waals surface area contributed by atoms with Gasteiger partial charge in [-0.2, -0.15) is 0 Å². The molecule has 0 spiro atoms. The Morgan fingerprint density at radius 3 is 2.32 bits per heavy atom. The molecule has 0 aliphatic heterocycles. The van der Waals surface area contributed by atoms with Gasteiger partial charge < -0.3 is 11.1 Å². The second-order valence-electron chi connectivity index (χ2n) is 6.65. The monoisotopic (exact) mass is 261 g/mol. The highest BCUT2D eigenvalue weighted by atomic mass is 16.1. The van der Waals surface area contributed by atoms with Crippen molar-refractivity contribution in [2.45, 2.75) is 46.2 Å². The van der Waals surface area contributed by atoms with Crippen molar-refractivity contribution in [3.63, 3.8) is 0 Å².